The van der Waals surface area contributed by atoms with Crippen LogP contribution in [0.4, 0.5) is 47.3 Å². The molecule has 5 rings (SSSR count). The van der Waals surface area contributed by atoms with E-state index in [1.807, 2.05) is 89.8 Å². The SMILES string of the molecule is CCCCc1ccc(N(c2ccc(Br)cc2)c2ccc(N(c3ccc(Br)cc3)c3ccc(CCCC)cc3)c(C(F)(F)F)c2)cc1. The molecule has 0 heterocycles. The van der Waals surface area contributed by atoms with Gasteiger partial charge in [0.25, 0.3) is 0 Å². The fraction of sp³-hybridized carbons (Fsp3) is 0.231. The number of benzene rings is 5. The van der Waals surface area contributed by atoms with Gasteiger partial charge in [0, 0.05) is 37.4 Å². The number of aryl methyl sites for hydroxylation is 2. The van der Waals surface area contributed by atoms with Crippen molar-refractivity contribution in [3.05, 3.63) is 141 Å². The minimum Gasteiger partial charge on any atom is -0.310 e. The van der Waals surface area contributed by atoms with Gasteiger partial charge in [0.2, 0.25) is 0 Å². The average Bonchev–Trinajstić information content (AvgIpc) is 3.06. The van der Waals surface area contributed by atoms with Crippen LogP contribution in [0.15, 0.2) is 124 Å². The highest BCUT2D eigenvalue weighted by Crippen LogP contribution is 2.46. The Bertz CT molecular complexity index is 1700. The molecule has 0 N–H and O–H groups in total. The van der Waals surface area contributed by atoms with Gasteiger partial charge in [-0.1, -0.05) is 82.8 Å². The van der Waals surface area contributed by atoms with Crippen molar-refractivity contribution in [1.82, 2.24) is 0 Å². The van der Waals surface area contributed by atoms with Crippen molar-refractivity contribution in [1.29, 1.82) is 0 Å². The minimum atomic E-state index is -4.62. The Labute approximate surface area is 287 Å². The topological polar surface area (TPSA) is 6.48 Å². The van der Waals surface area contributed by atoms with E-state index in [9.17, 15) is 0 Å². The van der Waals surface area contributed by atoms with Crippen LogP contribution in [0.1, 0.15) is 56.2 Å². The first-order valence-corrected chi connectivity index (χ1v) is 17.3. The summed E-state index contributed by atoms with van der Waals surface area (Å²) in [6.45, 7) is 4.30. The van der Waals surface area contributed by atoms with Crippen LogP contribution in [0.3, 0.4) is 0 Å². The van der Waals surface area contributed by atoms with Crippen LogP contribution in [0, 0.1) is 0 Å². The van der Waals surface area contributed by atoms with Crippen LogP contribution in [-0.2, 0) is 19.0 Å². The van der Waals surface area contributed by atoms with Gasteiger partial charge in [-0.2, -0.15) is 13.2 Å². The van der Waals surface area contributed by atoms with Crippen LogP contribution >= 0.6 is 31.9 Å². The van der Waals surface area contributed by atoms with E-state index in [0.717, 1.165) is 58.8 Å². The van der Waals surface area contributed by atoms with E-state index >= 15 is 13.2 Å². The molecule has 0 unspecified atom stereocenters. The molecule has 0 amide bonds. The van der Waals surface area contributed by atoms with E-state index in [1.54, 1.807) is 17.0 Å². The predicted molar refractivity (Wildman–Crippen MR) is 193 cm³/mol. The molecule has 0 aliphatic carbocycles. The van der Waals surface area contributed by atoms with Crippen LogP contribution in [0.5, 0.6) is 0 Å². The first-order valence-electron chi connectivity index (χ1n) is 15.7. The van der Waals surface area contributed by atoms with E-state index < -0.39 is 11.7 Å². The standard InChI is InChI=1S/C39H37Br2F3N2/c1-3-5-7-28-9-17-32(18-10-28)45(33-21-13-30(40)14-22-33)36-25-26-38(37(27-36)39(42,43)44)46(35-23-15-31(41)16-24-35)34-19-11-29(12-20-34)8-6-4-2/h9-27H,3-8H2,1-2H3. The van der Waals surface area contributed by atoms with Gasteiger partial charge < -0.3 is 9.80 Å². The smallest absolute Gasteiger partial charge is 0.310 e. The number of anilines is 6. The largest absolute Gasteiger partial charge is 0.418 e. The van der Waals surface area contributed by atoms with Crippen molar-refractivity contribution in [2.75, 3.05) is 9.80 Å². The van der Waals surface area contributed by atoms with E-state index in [0.29, 0.717) is 17.1 Å². The molecular formula is C39H37Br2F3N2. The molecule has 0 radical (unpaired) electrons. The first kappa shape index (κ1) is 33.8. The second-order valence-electron chi connectivity index (χ2n) is 11.4. The van der Waals surface area contributed by atoms with Gasteiger partial charge in [0.15, 0.2) is 0 Å². The van der Waals surface area contributed by atoms with Gasteiger partial charge in [-0.05, 0) is 128 Å². The number of nitrogens with zero attached hydrogens (tertiary/aromatic N) is 2. The summed E-state index contributed by atoms with van der Waals surface area (Å²) in [6, 6.07) is 35.6. The van der Waals surface area contributed by atoms with E-state index in [-0.39, 0.29) is 5.69 Å². The van der Waals surface area contributed by atoms with Crippen LogP contribution in [0.25, 0.3) is 0 Å². The third-order valence-corrected chi connectivity index (χ3v) is 9.04. The highest BCUT2D eigenvalue weighted by molar-refractivity contribution is 9.10. The maximum atomic E-state index is 15.1. The molecule has 0 saturated carbocycles. The van der Waals surface area contributed by atoms with Gasteiger partial charge in [0.1, 0.15) is 0 Å². The summed E-state index contributed by atoms with van der Waals surface area (Å²) in [5.74, 6) is 0. The lowest BCUT2D eigenvalue weighted by Gasteiger charge is -2.31. The van der Waals surface area contributed by atoms with Crippen molar-refractivity contribution in [2.24, 2.45) is 0 Å². The average molecular weight is 751 g/mol. The summed E-state index contributed by atoms with van der Waals surface area (Å²) in [7, 11) is 0. The van der Waals surface area contributed by atoms with Gasteiger partial charge in [0.05, 0.1) is 11.3 Å². The number of unbranched alkanes of at least 4 members (excludes halogenated alkanes) is 2. The quantitative estimate of drug-likeness (QED) is 0.125. The molecule has 5 aromatic rings. The van der Waals surface area contributed by atoms with Crippen molar-refractivity contribution >= 4 is 66.0 Å². The summed E-state index contributed by atoms with van der Waals surface area (Å²) < 4.78 is 47.1. The van der Waals surface area contributed by atoms with Crippen LogP contribution in [-0.4, -0.2) is 0 Å². The fourth-order valence-electron chi connectivity index (χ4n) is 5.53. The molecule has 7 heteroatoms. The van der Waals surface area contributed by atoms with Crippen molar-refractivity contribution in [3.63, 3.8) is 0 Å². The Morgan fingerprint density at radius 1 is 0.500 bits per heavy atom. The maximum Gasteiger partial charge on any atom is 0.418 e. The van der Waals surface area contributed by atoms with Gasteiger partial charge >= 0.3 is 6.18 Å². The second kappa shape index (κ2) is 15.4. The Morgan fingerprint density at radius 2 is 0.870 bits per heavy atom. The molecule has 0 fully saturated rings. The Morgan fingerprint density at radius 3 is 1.26 bits per heavy atom. The summed E-state index contributed by atoms with van der Waals surface area (Å²) in [5.41, 5.74) is 4.98. The van der Waals surface area contributed by atoms with E-state index in [4.69, 9.17) is 0 Å². The monoisotopic (exact) mass is 748 g/mol. The number of halogens is 5. The normalized spacial score (nSPS) is 11.5. The highest BCUT2D eigenvalue weighted by Gasteiger charge is 2.36. The highest BCUT2D eigenvalue weighted by atomic mass is 79.9. The molecule has 0 aliphatic rings. The van der Waals surface area contributed by atoms with E-state index in [2.05, 4.69) is 57.8 Å². The Hall–Kier alpha value is -3.55. The molecular weight excluding hydrogens is 713 g/mol. The third-order valence-electron chi connectivity index (χ3n) is 7.98. The lowest BCUT2D eigenvalue weighted by molar-refractivity contribution is -0.137. The zero-order valence-electron chi connectivity index (χ0n) is 26.0. The predicted octanol–water partition coefficient (Wildman–Crippen LogP) is 13.9. The number of hydrogen-bond acceptors (Lipinski definition) is 2. The zero-order chi connectivity index (χ0) is 32.7. The molecule has 0 saturated heterocycles. The fourth-order valence-corrected chi connectivity index (χ4v) is 6.05. The molecule has 2 nitrogen and oxygen atoms in total. The zero-order valence-corrected chi connectivity index (χ0v) is 29.2. The van der Waals surface area contributed by atoms with Gasteiger partial charge in [-0.25, -0.2) is 0 Å². The minimum absolute atomic E-state index is 0.0607. The summed E-state index contributed by atoms with van der Waals surface area (Å²) in [4.78, 5) is 3.57. The van der Waals surface area contributed by atoms with Crippen molar-refractivity contribution in [2.45, 2.75) is 58.5 Å². The molecule has 0 aromatic heterocycles. The second-order valence-corrected chi connectivity index (χ2v) is 13.2. The number of rotatable bonds is 12. The van der Waals surface area contributed by atoms with E-state index in [1.165, 1.54) is 17.2 Å². The summed E-state index contributed by atoms with van der Waals surface area (Å²) >= 11 is 6.96. The lowest BCUT2D eigenvalue weighted by Crippen LogP contribution is -2.18. The first-order chi connectivity index (χ1) is 22.2. The van der Waals surface area contributed by atoms with Crippen LogP contribution < -0.4 is 9.80 Å². The van der Waals surface area contributed by atoms with Gasteiger partial charge in [-0.15, -0.1) is 0 Å². The summed E-state index contributed by atoms with van der Waals surface area (Å²) in [6.07, 6.45) is 1.61. The molecule has 0 bridgehead atoms. The summed E-state index contributed by atoms with van der Waals surface area (Å²) in [5, 5.41) is 0. The molecule has 46 heavy (non-hydrogen) atoms. The molecule has 0 aliphatic heterocycles. The number of alkyl halides is 3. The van der Waals surface area contributed by atoms with Crippen molar-refractivity contribution in [3.8, 4) is 0 Å². The molecule has 0 spiro atoms. The Kier molecular flexibility index (Phi) is 11.3. The molecule has 5 aromatic carbocycles. The Balaban J connectivity index is 1.65. The van der Waals surface area contributed by atoms with Crippen LogP contribution in [0.2, 0.25) is 0 Å². The van der Waals surface area contributed by atoms with Crippen molar-refractivity contribution < 1.29 is 13.2 Å². The molecule has 0 atom stereocenters. The number of hydrogen-bond donors (Lipinski definition) is 0. The lowest BCUT2D eigenvalue weighted by atomic mass is 10.0. The third kappa shape index (κ3) is 8.23. The maximum absolute atomic E-state index is 15.1. The van der Waals surface area contributed by atoms with Gasteiger partial charge in [-0.3, -0.25) is 0 Å². The molecule has 238 valence electrons.